The van der Waals surface area contributed by atoms with E-state index in [0.29, 0.717) is 5.92 Å². The molecule has 5 nitrogen and oxygen atoms in total. The lowest BCUT2D eigenvalue weighted by atomic mass is 9.90. The van der Waals surface area contributed by atoms with Gasteiger partial charge in [-0.25, -0.2) is 0 Å². The normalized spacial score (nSPS) is 24.5. The number of nitrogens with one attached hydrogen (secondary N) is 1. The van der Waals surface area contributed by atoms with Crippen molar-refractivity contribution in [1.29, 1.82) is 0 Å². The number of likely N-dealkylation sites (tertiary alicyclic amines) is 1. The fraction of sp³-hybridized carbons (Fsp3) is 0.526. The molecule has 0 aliphatic carbocycles. The highest BCUT2D eigenvalue weighted by Gasteiger charge is 2.32. The second-order valence-corrected chi connectivity index (χ2v) is 6.78. The van der Waals surface area contributed by atoms with E-state index in [9.17, 15) is 4.79 Å². The van der Waals surface area contributed by atoms with Gasteiger partial charge in [-0.2, -0.15) is 0 Å². The summed E-state index contributed by atoms with van der Waals surface area (Å²) in [6, 6.07) is 6.11. The molecule has 128 valence electrons. The van der Waals surface area contributed by atoms with Crippen LogP contribution in [0.2, 0.25) is 0 Å². The molecule has 2 aliphatic heterocycles. The summed E-state index contributed by atoms with van der Waals surface area (Å²) in [5, 5.41) is 1.20. The largest absolute Gasteiger partial charge is 0.497 e. The van der Waals surface area contributed by atoms with Crippen LogP contribution in [0.1, 0.15) is 37.2 Å². The summed E-state index contributed by atoms with van der Waals surface area (Å²) >= 11 is 0. The number of hydrogen-bond donors (Lipinski definition) is 1. The molecule has 5 heteroatoms. The molecule has 0 saturated carbocycles. The molecule has 1 aromatic heterocycles. The van der Waals surface area contributed by atoms with Gasteiger partial charge in [0.15, 0.2) is 0 Å². The maximum Gasteiger partial charge on any atom is 0.251 e. The highest BCUT2D eigenvalue weighted by Crippen LogP contribution is 2.34. The van der Waals surface area contributed by atoms with Crippen LogP contribution in [0.4, 0.5) is 0 Å². The quantitative estimate of drug-likeness (QED) is 0.942. The number of carbonyl (C=O) groups excluding carboxylic acids is 1. The first kappa shape index (κ1) is 15.5. The fourth-order valence-electron chi connectivity index (χ4n) is 3.99. The van der Waals surface area contributed by atoms with E-state index in [2.05, 4.69) is 23.3 Å². The van der Waals surface area contributed by atoms with Crippen LogP contribution < -0.4 is 4.74 Å². The minimum absolute atomic E-state index is 0.176. The molecule has 0 bridgehead atoms. The van der Waals surface area contributed by atoms with Crippen molar-refractivity contribution < 1.29 is 14.3 Å². The number of methoxy groups -OCH3 is 1. The van der Waals surface area contributed by atoms with Gasteiger partial charge in [0, 0.05) is 42.7 Å². The van der Waals surface area contributed by atoms with Crippen molar-refractivity contribution in [2.45, 2.75) is 37.7 Å². The second-order valence-electron chi connectivity index (χ2n) is 6.78. The number of aromatic amines is 1. The predicted octanol–water partition coefficient (Wildman–Crippen LogP) is 3.06. The Morgan fingerprint density at radius 1 is 1.33 bits per heavy atom. The highest BCUT2D eigenvalue weighted by atomic mass is 16.5. The minimum atomic E-state index is -0.216. The van der Waals surface area contributed by atoms with Crippen molar-refractivity contribution in [2.75, 3.05) is 26.8 Å². The highest BCUT2D eigenvalue weighted by molar-refractivity contribution is 5.85. The number of H-pyrrole nitrogens is 1. The summed E-state index contributed by atoms with van der Waals surface area (Å²) in [4.78, 5) is 18.0. The van der Waals surface area contributed by atoms with Crippen LogP contribution in [0.5, 0.6) is 5.75 Å². The summed E-state index contributed by atoms with van der Waals surface area (Å²) < 4.78 is 10.9. The molecule has 0 radical (unpaired) electrons. The third-order valence-corrected chi connectivity index (χ3v) is 5.30. The molecule has 24 heavy (non-hydrogen) atoms. The Bertz CT molecular complexity index is 733. The molecule has 2 aromatic rings. The van der Waals surface area contributed by atoms with E-state index in [4.69, 9.17) is 9.47 Å². The van der Waals surface area contributed by atoms with Gasteiger partial charge in [-0.3, -0.25) is 4.79 Å². The van der Waals surface area contributed by atoms with Crippen molar-refractivity contribution in [3.8, 4) is 5.75 Å². The third kappa shape index (κ3) is 2.77. The monoisotopic (exact) mass is 328 g/mol. The number of hydrogen-bond acceptors (Lipinski definition) is 3. The standard InChI is InChI=1S/C19H24N2O3/c1-23-14-6-7-17-15(10-14)16(11-20-17)13-4-2-8-21(12-13)19(22)18-5-3-9-24-18/h6-7,10-11,13,18,20H,2-5,8-9,12H2,1H3/t13-,18-/m0/s1. The van der Waals surface area contributed by atoms with Crippen molar-refractivity contribution in [1.82, 2.24) is 9.88 Å². The molecular formula is C19H24N2O3. The van der Waals surface area contributed by atoms with Crippen LogP contribution in [0.3, 0.4) is 0 Å². The number of benzene rings is 1. The number of nitrogens with zero attached hydrogens (tertiary/aromatic N) is 1. The van der Waals surface area contributed by atoms with Crippen LogP contribution in [0, 0.1) is 0 Å². The van der Waals surface area contributed by atoms with Crippen molar-refractivity contribution in [2.24, 2.45) is 0 Å². The molecule has 0 unspecified atom stereocenters. The van der Waals surface area contributed by atoms with Gasteiger partial charge in [-0.05, 0) is 49.4 Å². The van der Waals surface area contributed by atoms with Gasteiger partial charge in [-0.15, -0.1) is 0 Å². The average Bonchev–Trinajstić information content (AvgIpc) is 3.30. The van der Waals surface area contributed by atoms with Crippen LogP contribution in [0.15, 0.2) is 24.4 Å². The molecular weight excluding hydrogens is 304 g/mol. The van der Waals surface area contributed by atoms with Crippen LogP contribution >= 0.6 is 0 Å². The Morgan fingerprint density at radius 3 is 3.04 bits per heavy atom. The maximum atomic E-state index is 12.7. The lowest BCUT2D eigenvalue weighted by molar-refractivity contribution is -0.142. The zero-order valence-corrected chi connectivity index (χ0v) is 14.1. The predicted molar refractivity (Wildman–Crippen MR) is 92.4 cm³/mol. The van der Waals surface area contributed by atoms with E-state index >= 15 is 0 Å². The number of carbonyl (C=O) groups is 1. The Labute approximate surface area is 141 Å². The number of rotatable bonds is 3. The van der Waals surface area contributed by atoms with Crippen LogP contribution in [-0.2, 0) is 9.53 Å². The van der Waals surface area contributed by atoms with E-state index in [1.165, 1.54) is 10.9 Å². The van der Waals surface area contributed by atoms with E-state index in [0.717, 1.165) is 56.6 Å². The van der Waals surface area contributed by atoms with E-state index in [-0.39, 0.29) is 12.0 Å². The van der Waals surface area contributed by atoms with Gasteiger partial charge < -0.3 is 19.4 Å². The lowest BCUT2D eigenvalue weighted by Crippen LogP contribution is -2.44. The molecule has 2 fully saturated rings. The minimum Gasteiger partial charge on any atom is -0.497 e. The third-order valence-electron chi connectivity index (χ3n) is 5.30. The number of amides is 1. The summed E-state index contributed by atoms with van der Waals surface area (Å²) in [6.45, 7) is 2.35. The Morgan fingerprint density at radius 2 is 2.25 bits per heavy atom. The topological polar surface area (TPSA) is 54.6 Å². The van der Waals surface area contributed by atoms with E-state index in [1.807, 2.05) is 11.0 Å². The smallest absolute Gasteiger partial charge is 0.251 e. The van der Waals surface area contributed by atoms with E-state index < -0.39 is 0 Å². The van der Waals surface area contributed by atoms with Crippen molar-refractivity contribution in [3.05, 3.63) is 30.0 Å². The summed E-state index contributed by atoms with van der Waals surface area (Å²) in [5.41, 5.74) is 2.40. The Balaban J connectivity index is 1.56. The fourth-order valence-corrected chi connectivity index (χ4v) is 3.99. The summed E-state index contributed by atoms with van der Waals surface area (Å²) in [6.07, 6.45) is 5.89. The molecule has 3 heterocycles. The molecule has 1 N–H and O–H groups in total. The van der Waals surface area contributed by atoms with Gasteiger partial charge in [0.25, 0.3) is 5.91 Å². The first-order chi connectivity index (χ1) is 11.8. The zero-order valence-electron chi connectivity index (χ0n) is 14.1. The summed E-state index contributed by atoms with van der Waals surface area (Å²) in [7, 11) is 1.69. The van der Waals surface area contributed by atoms with Crippen molar-refractivity contribution >= 4 is 16.8 Å². The Hall–Kier alpha value is -2.01. The zero-order chi connectivity index (χ0) is 16.5. The van der Waals surface area contributed by atoms with Crippen molar-refractivity contribution in [3.63, 3.8) is 0 Å². The SMILES string of the molecule is COc1ccc2[nH]cc([C@H]3CCCN(C(=O)[C@@H]4CCCO4)C3)c2c1. The molecule has 2 atom stereocenters. The van der Waals surface area contributed by atoms with E-state index in [1.54, 1.807) is 7.11 Å². The van der Waals surface area contributed by atoms with Gasteiger partial charge in [0.1, 0.15) is 11.9 Å². The molecule has 0 spiro atoms. The van der Waals surface area contributed by atoms with Gasteiger partial charge in [0.2, 0.25) is 0 Å². The molecule has 1 amide bonds. The number of fused-ring (bicyclic) bond motifs is 1. The van der Waals surface area contributed by atoms with Gasteiger partial charge >= 0.3 is 0 Å². The first-order valence-corrected chi connectivity index (χ1v) is 8.81. The Kier molecular flexibility index (Phi) is 4.19. The number of ether oxygens (including phenoxy) is 2. The van der Waals surface area contributed by atoms with Crippen LogP contribution in [0.25, 0.3) is 10.9 Å². The van der Waals surface area contributed by atoms with Gasteiger partial charge in [0.05, 0.1) is 7.11 Å². The molecule has 4 rings (SSSR count). The molecule has 1 aromatic carbocycles. The number of piperidine rings is 1. The number of aromatic nitrogens is 1. The lowest BCUT2D eigenvalue weighted by Gasteiger charge is -2.34. The van der Waals surface area contributed by atoms with Gasteiger partial charge in [-0.1, -0.05) is 0 Å². The maximum absolute atomic E-state index is 12.7. The summed E-state index contributed by atoms with van der Waals surface area (Å²) in [5.74, 6) is 1.41. The molecule has 2 saturated heterocycles. The second kappa shape index (κ2) is 6.48. The average molecular weight is 328 g/mol. The first-order valence-electron chi connectivity index (χ1n) is 8.81. The molecule has 2 aliphatic rings. The van der Waals surface area contributed by atoms with Crippen LogP contribution in [-0.4, -0.2) is 48.7 Å².